The van der Waals surface area contributed by atoms with Crippen LogP contribution in [-0.4, -0.2) is 30.3 Å². The summed E-state index contributed by atoms with van der Waals surface area (Å²) in [5.74, 6) is 0. The highest BCUT2D eigenvalue weighted by Crippen LogP contribution is 2.16. The standard InChI is InChI=1S/C6H5IO3S.Al/c7-5-3-1-2-4-6(5)11(8,9)10;/h1-4H,(H,8,9,10);. The van der Waals surface area contributed by atoms with Crippen LogP contribution in [0.4, 0.5) is 0 Å². The van der Waals surface area contributed by atoms with Crippen LogP contribution in [0.15, 0.2) is 29.2 Å². The Morgan fingerprint density at radius 3 is 2.08 bits per heavy atom. The smallest absolute Gasteiger partial charge is 0.282 e. The molecule has 0 unspecified atom stereocenters. The molecule has 0 spiro atoms. The average molecular weight is 311 g/mol. The third kappa shape index (κ3) is 3.03. The highest BCUT2D eigenvalue weighted by atomic mass is 127. The van der Waals surface area contributed by atoms with Gasteiger partial charge >= 0.3 is 0 Å². The molecule has 3 radical (unpaired) electrons. The van der Waals surface area contributed by atoms with E-state index in [1.807, 2.05) is 22.6 Å². The number of halogens is 1. The van der Waals surface area contributed by atoms with E-state index >= 15 is 0 Å². The summed E-state index contributed by atoms with van der Waals surface area (Å²) in [5, 5.41) is 0. The molecule has 63 valence electrons. The summed E-state index contributed by atoms with van der Waals surface area (Å²) in [6, 6.07) is 6.24. The van der Waals surface area contributed by atoms with E-state index in [2.05, 4.69) is 0 Å². The fourth-order valence-electron chi connectivity index (χ4n) is 0.654. The first-order valence-corrected chi connectivity index (χ1v) is 5.26. The number of hydrogen-bond acceptors (Lipinski definition) is 2. The largest absolute Gasteiger partial charge is 0.295 e. The number of hydrogen-bond donors (Lipinski definition) is 1. The molecule has 0 aliphatic heterocycles. The molecule has 0 saturated heterocycles. The molecule has 6 heteroatoms. The normalized spacial score (nSPS) is 10.5. The Bertz CT molecular complexity index is 363. The topological polar surface area (TPSA) is 54.4 Å². The van der Waals surface area contributed by atoms with Crippen molar-refractivity contribution in [3.05, 3.63) is 27.8 Å². The number of rotatable bonds is 1. The molecule has 0 bridgehead atoms. The first kappa shape index (κ1) is 12.4. The molecular weight excluding hydrogens is 306 g/mol. The van der Waals surface area contributed by atoms with E-state index in [4.69, 9.17) is 4.55 Å². The predicted molar refractivity (Wildman–Crippen MR) is 54.7 cm³/mol. The summed E-state index contributed by atoms with van der Waals surface area (Å²) in [6.45, 7) is 0. The van der Waals surface area contributed by atoms with Gasteiger partial charge in [0.15, 0.2) is 0 Å². The van der Waals surface area contributed by atoms with Gasteiger partial charge < -0.3 is 0 Å². The van der Waals surface area contributed by atoms with Gasteiger partial charge in [0.05, 0.1) is 0 Å². The van der Waals surface area contributed by atoms with Crippen LogP contribution in [0.3, 0.4) is 0 Å². The molecule has 0 aliphatic rings. The van der Waals surface area contributed by atoms with Gasteiger partial charge in [-0.2, -0.15) is 8.42 Å². The molecule has 0 fully saturated rings. The second-order valence-corrected chi connectivity index (χ2v) is 4.46. The van der Waals surface area contributed by atoms with Crippen LogP contribution in [0.25, 0.3) is 0 Å². The Kier molecular flexibility index (Phi) is 4.73. The fourth-order valence-corrected chi connectivity index (χ4v) is 2.44. The van der Waals surface area contributed by atoms with E-state index in [1.165, 1.54) is 6.07 Å². The Balaban J connectivity index is 0.00000121. The third-order valence-corrected chi connectivity index (χ3v) is 3.33. The molecule has 3 nitrogen and oxygen atoms in total. The van der Waals surface area contributed by atoms with Gasteiger partial charge in [-0.1, -0.05) is 12.1 Å². The molecule has 1 rings (SSSR count). The van der Waals surface area contributed by atoms with Crippen LogP contribution < -0.4 is 0 Å². The van der Waals surface area contributed by atoms with Crippen LogP contribution in [0.2, 0.25) is 0 Å². The fraction of sp³-hybridized carbons (Fsp3) is 0. The van der Waals surface area contributed by atoms with Crippen molar-refractivity contribution < 1.29 is 13.0 Å². The Morgan fingerprint density at radius 2 is 1.75 bits per heavy atom. The van der Waals surface area contributed by atoms with Crippen molar-refractivity contribution >= 4 is 50.1 Å². The maximum atomic E-state index is 10.6. The van der Waals surface area contributed by atoms with E-state index in [0.29, 0.717) is 3.57 Å². The molecule has 1 aromatic rings. The summed E-state index contributed by atoms with van der Waals surface area (Å²) in [5.41, 5.74) is 0. The van der Waals surface area contributed by atoms with Gasteiger partial charge in [0.1, 0.15) is 4.90 Å². The van der Waals surface area contributed by atoms with Gasteiger partial charge in [-0.05, 0) is 34.7 Å². The lowest BCUT2D eigenvalue weighted by Crippen LogP contribution is -1.99. The van der Waals surface area contributed by atoms with Crippen LogP contribution in [0.1, 0.15) is 0 Å². The van der Waals surface area contributed by atoms with Gasteiger partial charge in [0, 0.05) is 20.9 Å². The molecule has 0 aliphatic carbocycles. The maximum Gasteiger partial charge on any atom is 0.295 e. The first-order valence-electron chi connectivity index (χ1n) is 2.74. The average Bonchev–Trinajstić information content (AvgIpc) is 1.86. The highest BCUT2D eigenvalue weighted by molar-refractivity contribution is 14.1. The molecule has 0 saturated carbocycles. The Labute approximate surface area is 95.2 Å². The quantitative estimate of drug-likeness (QED) is 0.481. The molecule has 0 amide bonds. The maximum absolute atomic E-state index is 10.6. The van der Waals surface area contributed by atoms with Crippen molar-refractivity contribution in [2.75, 3.05) is 0 Å². The minimum atomic E-state index is -4.04. The van der Waals surface area contributed by atoms with Crippen molar-refractivity contribution in [3.63, 3.8) is 0 Å². The van der Waals surface area contributed by atoms with Gasteiger partial charge in [0.2, 0.25) is 0 Å². The van der Waals surface area contributed by atoms with Crippen LogP contribution in [0, 0.1) is 3.57 Å². The summed E-state index contributed by atoms with van der Waals surface area (Å²) >= 11 is 1.85. The van der Waals surface area contributed by atoms with Gasteiger partial charge in [-0.3, -0.25) is 4.55 Å². The molecule has 0 heterocycles. The van der Waals surface area contributed by atoms with Crippen LogP contribution >= 0.6 is 22.6 Å². The van der Waals surface area contributed by atoms with E-state index in [0.717, 1.165) is 0 Å². The zero-order valence-corrected chi connectivity index (χ0v) is 10.1. The lowest BCUT2D eigenvalue weighted by molar-refractivity contribution is 0.482. The summed E-state index contributed by atoms with van der Waals surface area (Å²) in [4.78, 5) is -0.0411. The zero-order valence-electron chi connectivity index (χ0n) is 5.94. The van der Waals surface area contributed by atoms with Crippen LogP contribution in [-0.2, 0) is 10.1 Å². The van der Waals surface area contributed by atoms with Crippen molar-refractivity contribution in [3.8, 4) is 0 Å². The van der Waals surface area contributed by atoms with Gasteiger partial charge in [-0.25, -0.2) is 0 Å². The first-order chi connectivity index (χ1) is 5.02. The second kappa shape index (κ2) is 4.58. The zero-order chi connectivity index (χ0) is 8.48. The van der Waals surface area contributed by atoms with E-state index in [1.54, 1.807) is 18.2 Å². The molecular formula is C6H5AlIO3S. The third-order valence-electron chi connectivity index (χ3n) is 1.11. The molecule has 1 N–H and O–H groups in total. The summed E-state index contributed by atoms with van der Waals surface area (Å²) < 4.78 is 30.4. The predicted octanol–water partition coefficient (Wildman–Crippen LogP) is 1.16. The summed E-state index contributed by atoms with van der Waals surface area (Å²) in [6.07, 6.45) is 0. The lowest BCUT2D eigenvalue weighted by atomic mass is 10.4. The minimum Gasteiger partial charge on any atom is -0.282 e. The van der Waals surface area contributed by atoms with Gasteiger partial charge in [0.25, 0.3) is 10.1 Å². The van der Waals surface area contributed by atoms with E-state index in [9.17, 15) is 8.42 Å². The molecule has 12 heavy (non-hydrogen) atoms. The molecule has 1 aromatic carbocycles. The SMILES string of the molecule is O=S(=O)(O)c1ccccc1I.[Al]. The Morgan fingerprint density at radius 1 is 1.25 bits per heavy atom. The number of benzene rings is 1. The van der Waals surface area contributed by atoms with Crippen molar-refractivity contribution in [2.24, 2.45) is 0 Å². The second-order valence-electron chi connectivity index (χ2n) is 1.91. The minimum absolute atomic E-state index is 0. The van der Waals surface area contributed by atoms with Crippen molar-refractivity contribution in [2.45, 2.75) is 4.90 Å². The highest BCUT2D eigenvalue weighted by Gasteiger charge is 2.11. The molecule has 0 atom stereocenters. The Hall–Kier alpha value is 0.392. The van der Waals surface area contributed by atoms with E-state index < -0.39 is 10.1 Å². The van der Waals surface area contributed by atoms with E-state index in [-0.39, 0.29) is 22.3 Å². The van der Waals surface area contributed by atoms with Gasteiger partial charge in [-0.15, -0.1) is 0 Å². The summed E-state index contributed by atoms with van der Waals surface area (Å²) in [7, 11) is -4.04. The van der Waals surface area contributed by atoms with Crippen molar-refractivity contribution in [1.82, 2.24) is 0 Å². The van der Waals surface area contributed by atoms with Crippen molar-refractivity contribution in [1.29, 1.82) is 0 Å². The molecule has 0 aromatic heterocycles. The lowest BCUT2D eigenvalue weighted by Gasteiger charge is -1.97. The monoisotopic (exact) mass is 311 g/mol. The van der Waals surface area contributed by atoms with Crippen LogP contribution in [0.5, 0.6) is 0 Å².